The van der Waals surface area contributed by atoms with Crippen molar-refractivity contribution < 1.29 is 38.4 Å². The molecule has 24 rings (SSSR count). The van der Waals surface area contributed by atoms with Crippen molar-refractivity contribution in [2.75, 3.05) is 19.6 Å². The van der Waals surface area contributed by atoms with E-state index in [0.717, 1.165) is 60.4 Å². The summed E-state index contributed by atoms with van der Waals surface area (Å²) in [5.41, 5.74) is 18.0. The van der Waals surface area contributed by atoms with E-state index in [4.69, 9.17) is 11.6 Å². The third kappa shape index (κ3) is 16.1. The summed E-state index contributed by atoms with van der Waals surface area (Å²) < 4.78 is 8.74. The molecule has 0 fully saturated rings. The van der Waals surface area contributed by atoms with Crippen molar-refractivity contribution in [2.45, 2.75) is 39.3 Å². The molecule has 4 aliphatic carbocycles. The van der Waals surface area contributed by atoms with Gasteiger partial charge in [-0.2, -0.15) is 0 Å². The van der Waals surface area contributed by atoms with Crippen LogP contribution in [0.1, 0.15) is 131 Å². The molecule has 136 heavy (non-hydrogen) atoms. The molecule has 0 bridgehead atoms. The molecule has 2 aliphatic heterocycles. The number of fused-ring (bicyclic) bond motifs is 10. The summed E-state index contributed by atoms with van der Waals surface area (Å²) >= 11 is 5.94. The minimum atomic E-state index is -1.81. The number of ketones is 8. The van der Waals surface area contributed by atoms with Crippen molar-refractivity contribution in [2.24, 2.45) is 0 Å². The first-order chi connectivity index (χ1) is 66.1. The minimum absolute atomic E-state index is 0.0222. The van der Waals surface area contributed by atoms with E-state index >= 15 is 0 Å². The number of nitrogens with zero attached hydrogens (tertiary/aromatic N) is 4. The van der Waals surface area contributed by atoms with Crippen LogP contribution < -0.4 is 30.0 Å². The van der Waals surface area contributed by atoms with Gasteiger partial charge in [-0.15, -0.1) is 0 Å². The van der Waals surface area contributed by atoms with Gasteiger partial charge in [0.1, 0.15) is 0 Å². The van der Waals surface area contributed by atoms with Gasteiger partial charge in [0.05, 0.1) is 0 Å². The molecule has 0 saturated carbocycles. The SMILES string of the molecule is CC1(C)c2ccccc2N(c2ccc(C=C3C(=O)c4ccccc4C3=O)[se]2)c2ccccc21.C[Si]1(C)c2ccccc2N(c2ccc(C=C3C(=O)c4ccccc4C3=O)[se]2)c2ccccc21.Cc1ccc(N(c2ccc(C=C3C(=O)c4ccccc4C3=O)[se]2)c2cccc3ccccc23)cc1.O=C1C(=Cc2ccc(N(c3ccc(Cl)cc3)c3cccc4ccccc34)[se]2)C(=O)c2ccccc21. The molecule has 0 spiro atoms. The number of aryl methyl sites for hydroxylation is 1. The molecule has 0 amide bonds. The first-order valence-electron chi connectivity index (χ1n) is 44.5. The van der Waals surface area contributed by atoms with E-state index < -0.39 is 8.07 Å². The molecule has 4 aromatic heterocycles. The maximum absolute atomic E-state index is 12.9. The van der Waals surface area contributed by atoms with Crippen LogP contribution in [0.15, 0.2) is 398 Å². The number of para-hydroxylation sites is 4. The Morgan fingerprint density at radius 3 is 0.926 bits per heavy atom. The standard InChI is InChI=1S/C31H21NO2Se.C30H18ClNO2Se.C29H21NO2Se.C28H21NO2SeSi/c1-20-13-15-22(16-14-20)32(28-12-6-8-21-7-2-3-9-24(21)28)29-18-17-23(35-29)19-27-30(33)25-10-4-5-11-26(25)31(27)34;31-20-12-14-21(15-13-20)32(27-11-5-7-19-6-1-2-8-23(19)27)28-17-16-22(35-28)18-26-29(33)24-9-3-4-10-25(24)30(26)34;1-29(2)22-11-5-7-13-24(22)30(25-14-8-6-12-23(25)29)26-16-15-18(33-26)17-21-27(31)19-9-3-4-10-20(19)28(21)32;1-33(2)24-13-7-5-11-22(24)29(23-12-6-8-14-25(23)33)26-16-15-18(32-26)17-21-27(30)19-9-3-4-10-20(19)28(21)31/h2-19H,1H3;1-18H;2*3-17H,1-2H3. The van der Waals surface area contributed by atoms with Crippen LogP contribution in [0.2, 0.25) is 18.1 Å². The second-order valence-corrected chi connectivity index (χ2v) is 48.7. The number of anilines is 12. The van der Waals surface area contributed by atoms with Crippen LogP contribution >= 0.6 is 11.6 Å². The summed E-state index contributed by atoms with van der Waals surface area (Å²) in [5, 5.41) is 8.21. The van der Waals surface area contributed by atoms with Gasteiger partial charge in [-0.05, 0) is 0 Å². The zero-order chi connectivity index (χ0) is 93.4. The Bertz CT molecular complexity index is 7450. The molecule has 656 valence electrons. The van der Waals surface area contributed by atoms with E-state index in [2.05, 4.69) is 284 Å². The number of carbonyl (C=O) groups is 8. The normalized spacial score (nSPS) is 14.2. The van der Waals surface area contributed by atoms with Crippen LogP contribution in [0.3, 0.4) is 0 Å². The molecule has 0 saturated heterocycles. The van der Waals surface area contributed by atoms with Crippen LogP contribution in [-0.2, 0) is 5.41 Å². The monoisotopic (exact) mass is 2060 g/mol. The maximum atomic E-state index is 12.9. The van der Waals surface area contributed by atoms with Gasteiger partial charge in [0.25, 0.3) is 0 Å². The van der Waals surface area contributed by atoms with Gasteiger partial charge in [-0.3, -0.25) is 0 Å². The Hall–Kier alpha value is -14.4. The van der Waals surface area contributed by atoms with Crippen molar-refractivity contribution in [3.05, 3.63) is 482 Å². The fourth-order valence-electron chi connectivity index (χ4n) is 19.0. The van der Waals surface area contributed by atoms with Crippen molar-refractivity contribution in [3.8, 4) is 0 Å². The van der Waals surface area contributed by atoms with Gasteiger partial charge in [0, 0.05) is 0 Å². The summed E-state index contributed by atoms with van der Waals surface area (Å²) in [5.74, 6) is -1.42. The van der Waals surface area contributed by atoms with Gasteiger partial charge in [-0.1, -0.05) is 0 Å². The second kappa shape index (κ2) is 36.4. The predicted octanol–water partition coefficient (Wildman–Crippen LogP) is 25.7. The van der Waals surface area contributed by atoms with E-state index in [9.17, 15) is 38.4 Å². The van der Waals surface area contributed by atoms with Gasteiger partial charge in [0.2, 0.25) is 0 Å². The molecule has 0 N–H and O–H groups in total. The average molecular weight is 2060 g/mol. The van der Waals surface area contributed by atoms with Crippen molar-refractivity contribution in [1.82, 2.24) is 0 Å². The fourth-order valence-corrected chi connectivity index (χ4v) is 30.4. The quantitative estimate of drug-likeness (QED) is 0.0651. The number of hydrogen-bond donors (Lipinski definition) is 0. The van der Waals surface area contributed by atoms with E-state index in [-0.39, 0.29) is 132 Å². The summed E-state index contributed by atoms with van der Waals surface area (Å²) in [6.45, 7) is 11.5. The molecule has 14 aromatic carbocycles. The third-order valence-corrected chi connectivity index (χ3v) is 38.1. The molecule has 0 unspecified atom stereocenters. The van der Waals surface area contributed by atoms with Crippen LogP contribution in [0.4, 0.5) is 63.7 Å². The first kappa shape index (κ1) is 88.2. The molecule has 18 aromatic rings. The van der Waals surface area contributed by atoms with Crippen LogP contribution in [-0.4, -0.2) is 112 Å². The summed E-state index contributed by atoms with van der Waals surface area (Å²) in [6.07, 6.45) is 7.19. The van der Waals surface area contributed by atoms with Crippen LogP contribution in [0.25, 0.3) is 45.8 Å². The van der Waals surface area contributed by atoms with Gasteiger partial charge < -0.3 is 0 Å². The topological polar surface area (TPSA) is 150 Å². The first-order valence-corrected chi connectivity index (χ1v) is 54.7. The van der Waals surface area contributed by atoms with E-state index in [1.165, 1.54) is 69.7 Å². The van der Waals surface area contributed by atoms with Gasteiger partial charge >= 0.3 is 824 Å². The Morgan fingerprint density at radius 2 is 0.566 bits per heavy atom. The summed E-state index contributed by atoms with van der Waals surface area (Å²) in [6, 6.07) is 125. The molecule has 0 radical (unpaired) electrons. The van der Waals surface area contributed by atoms with Crippen molar-refractivity contribution >= 4 is 244 Å². The number of rotatable bonds is 12. The van der Waals surface area contributed by atoms with Crippen LogP contribution in [0.5, 0.6) is 0 Å². The second-order valence-electron chi connectivity index (χ2n) is 34.7. The number of halogens is 1. The molecule has 18 heteroatoms. The molecule has 6 aliphatic rings. The van der Waals surface area contributed by atoms with Crippen molar-refractivity contribution in [1.29, 1.82) is 0 Å². The van der Waals surface area contributed by atoms with Gasteiger partial charge in [0.15, 0.2) is 0 Å². The number of carbonyl (C=O) groups excluding carboxylic acids is 8. The van der Waals surface area contributed by atoms with E-state index in [1.54, 1.807) is 115 Å². The Balaban J connectivity index is 0.000000108. The van der Waals surface area contributed by atoms with Gasteiger partial charge in [-0.25, -0.2) is 0 Å². The zero-order valence-corrected chi connectivity index (χ0v) is 82.8. The molecule has 0 atom stereocenters. The predicted molar refractivity (Wildman–Crippen MR) is 558 cm³/mol. The molecule has 6 heterocycles. The Labute approximate surface area is 816 Å². The molecule has 12 nitrogen and oxygen atoms in total. The van der Waals surface area contributed by atoms with Crippen LogP contribution in [0, 0.1) is 6.92 Å². The number of hydrogen-bond acceptors (Lipinski definition) is 12. The number of allylic oxidation sites excluding steroid dienone is 4. The molecular formula is C118H81ClN4O8Se4Si. The molecular weight excluding hydrogens is 1980 g/mol. The number of Topliss-reactive ketones (excluding diaryl/α,β-unsaturated/α-hetero) is 8. The van der Waals surface area contributed by atoms with E-state index in [0.29, 0.717) is 49.5 Å². The summed E-state index contributed by atoms with van der Waals surface area (Å²) in [7, 11) is -1.81. The number of benzene rings is 14. The average Bonchev–Trinajstić information content (AvgIpc) is 1.15. The van der Waals surface area contributed by atoms with E-state index in [1.807, 2.05) is 54.6 Å². The third-order valence-electron chi connectivity index (χ3n) is 25.8. The summed E-state index contributed by atoms with van der Waals surface area (Å²) in [4.78, 5) is 112. The zero-order valence-electron chi connectivity index (χ0n) is 74.2. The van der Waals surface area contributed by atoms with Crippen molar-refractivity contribution in [3.63, 3.8) is 0 Å². The Morgan fingerprint density at radius 1 is 0.287 bits per heavy atom. The fraction of sp³-hybridized carbons (Fsp3) is 0.0508. The Kier molecular flexibility index (Phi) is 23.6.